The van der Waals surface area contributed by atoms with Crippen molar-refractivity contribution < 1.29 is 5.11 Å². The molecule has 0 bridgehead atoms. The lowest BCUT2D eigenvalue weighted by Gasteiger charge is -2.22. The average molecular weight is 400 g/mol. The average Bonchev–Trinajstić information content (AvgIpc) is 3.53. The number of thiazole rings is 1. The highest BCUT2D eigenvalue weighted by Gasteiger charge is 2.40. The number of H-pyrrole nitrogens is 1. The van der Waals surface area contributed by atoms with E-state index in [2.05, 4.69) is 19.9 Å². The van der Waals surface area contributed by atoms with Crippen LogP contribution in [0, 0.1) is 0 Å². The van der Waals surface area contributed by atoms with Crippen molar-refractivity contribution in [2.24, 2.45) is 0 Å². The van der Waals surface area contributed by atoms with E-state index in [0.717, 1.165) is 45.1 Å². The van der Waals surface area contributed by atoms with E-state index < -0.39 is 5.60 Å². The monoisotopic (exact) mass is 400 g/mol. The van der Waals surface area contributed by atoms with Gasteiger partial charge in [0, 0.05) is 54.9 Å². The second kappa shape index (κ2) is 6.07. The van der Waals surface area contributed by atoms with Crippen molar-refractivity contribution in [2.75, 3.05) is 0 Å². The number of rotatable bonds is 3. The summed E-state index contributed by atoms with van der Waals surface area (Å²) in [4.78, 5) is 21.1. The number of aryl methyl sites for hydroxylation is 1. The molecular weight excluding hydrogens is 384 g/mol. The lowest BCUT2D eigenvalue weighted by Crippen LogP contribution is -2.25. The fourth-order valence-corrected chi connectivity index (χ4v) is 4.85. The number of hydrogen-bond donors (Lipinski definition) is 2. The van der Waals surface area contributed by atoms with Gasteiger partial charge in [-0.2, -0.15) is 0 Å². The van der Waals surface area contributed by atoms with Gasteiger partial charge in [-0.25, -0.2) is 15.0 Å². The van der Waals surface area contributed by atoms with Gasteiger partial charge in [0.25, 0.3) is 0 Å². The molecule has 0 amide bonds. The van der Waals surface area contributed by atoms with Crippen LogP contribution in [0.25, 0.3) is 33.0 Å². The number of fused-ring (bicyclic) bond motifs is 2. The smallest absolute Gasteiger partial charge is 0.156 e. The highest BCUT2D eigenvalue weighted by Crippen LogP contribution is 2.39. The van der Waals surface area contributed by atoms with Crippen LogP contribution in [0.15, 0.2) is 60.6 Å². The van der Waals surface area contributed by atoms with E-state index in [1.807, 2.05) is 46.6 Å². The molecule has 29 heavy (non-hydrogen) atoms. The van der Waals surface area contributed by atoms with Crippen molar-refractivity contribution >= 4 is 22.5 Å². The zero-order valence-corrected chi connectivity index (χ0v) is 16.1. The van der Waals surface area contributed by atoms with Crippen molar-refractivity contribution in [3.8, 4) is 21.8 Å². The summed E-state index contributed by atoms with van der Waals surface area (Å²) in [7, 11) is 0. The Morgan fingerprint density at radius 2 is 2.07 bits per heavy atom. The number of aromatic nitrogens is 6. The van der Waals surface area contributed by atoms with E-state index in [9.17, 15) is 5.11 Å². The Bertz CT molecular complexity index is 1350. The predicted molar refractivity (Wildman–Crippen MR) is 110 cm³/mol. The summed E-state index contributed by atoms with van der Waals surface area (Å²) in [5, 5.41) is 14.2. The molecule has 8 heteroatoms. The zero-order valence-electron chi connectivity index (χ0n) is 15.3. The minimum atomic E-state index is -1.06. The van der Waals surface area contributed by atoms with Crippen molar-refractivity contribution in [3.63, 3.8) is 0 Å². The standard InChI is InChI=1S/C21H16N6OS/c28-21(4-8-27-9-7-24-20(21)27)14-3-1-2-13(10-14)16-12-29-19(26-16)15-11-25-18-17(15)22-5-6-23-18/h1-3,5-7,9-12,28H,4,8H2,(H,23,25). The molecule has 6 rings (SSSR count). The molecule has 7 nitrogen and oxygen atoms in total. The summed E-state index contributed by atoms with van der Waals surface area (Å²) in [6, 6.07) is 7.95. The van der Waals surface area contributed by atoms with Crippen molar-refractivity contribution in [1.82, 2.24) is 29.5 Å². The largest absolute Gasteiger partial charge is 0.377 e. The highest BCUT2D eigenvalue weighted by molar-refractivity contribution is 7.13. The van der Waals surface area contributed by atoms with Gasteiger partial charge in [-0.1, -0.05) is 18.2 Å². The van der Waals surface area contributed by atoms with Crippen LogP contribution in [0.3, 0.4) is 0 Å². The van der Waals surface area contributed by atoms with E-state index in [-0.39, 0.29) is 0 Å². The van der Waals surface area contributed by atoms with E-state index in [1.165, 1.54) is 0 Å². The van der Waals surface area contributed by atoms with Crippen LogP contribution in [0.5, 0.6) is 0 Å². The number of nitrogens with zero attached hydrogens (tertiary/aromatic N) is 5. The topological polar surface area (TPSA) is 92.5 Å². The van der Waals surface area contributed by atoms with Crippen molar-refractivity contribution in [2.45, 2.75) is 18.6 Å². The summed E-state index contributed by atoms with van der Waals surface area (Å²) < 4.78 is 2.01. The Hall–Kier alpha value is -3.36. The molecule has 1 aliphatic heterocycles. The van der Waals surface area contributed by atoms with E-state index in [1.54, 1.807) is 29.9 Å². The first-order valence-electron chi connectivity index (χ1n) is 9.31. The molecule has 0 saturated heterocycles. The fourth-order valence-electron chi connectivity index (χ4n) is 4.00. The van der Waals surface area contributed by atoms with Gasteiger partial charge in [0.05, 0.1) is 11.3 Å². The van der Waals surface area contributed by atoms with Crippen molar-refractivity contribution in [3.05, 3.63) is 72.0 Å². The van der Waals surface area contributed by atoms with Crippen molar-refractivity contribution in [1.29, 1.82) is 0 Å². The van der Waals surface area contributed by atoms with Gasteiger partial charge >= 0.3 is 0 Å². The van der Waals surface area contributed by atoms with Gasteiger partial charge in [-0.3, -0.25) is 4.98 Å². The van der Waals surface area contributed by atoms with Crippen LogP contribution in [-0.4, -0.2) is 34.6 Å². The van der Waals surface area contributed by atoms with Crippen LogP contribution in [0.1, 0.15) is 17.8 Å². The van der Waals surface area contributed by atoms with Crippen LogP contribution in [0.4, 0.5) is 0 Å². The van der Waals surface area contributed by atoms with Gasteiger partial charge in [0.2, 0.25) is 0 Å². The van der Waals surface area contributed by atoms with Crippen LogP contribution in [0.2, 0.25) is 0 Å². The molecule has 1 aliphatic rings. The summed E-state index contributed by atoms with van der Waals surface area (Å²) in [5.41, 5.74) is 4.12. The molecule has 1 atom stereocenters. The molecule has 2 N–H and O–H groups in total. The summed E-state index contributed by atoms with van der Waals surface area (Å²) >= 11 is 1.57. The minimum Gasteiger partial charge on any atom is -0.377 e. The Morgan fingerprint density at radius 3 is 3.03 bits per heavy atom. The number of benzene rings is 1. The van der Waals surface area contributed by atoms with Gasteiger partial charge in [0.15, 0.2) is 5.65 Å². The number of imidazole rings is 1. The number of hydrogen-bond acceptors (Lipinski definition) is 6. The van der Waals surface area contributed by atoms with E-state index in [4.69, 9.17) is 4.98 Å². The molecule has 142 valence electrons. The number of aliphatic hydroxyl groups is 1. The second-order valence-electron chi connectivity index (χ2n) is 7.13. The minimum absolute atomic E-state index is 0.621. The normalized spacial score (nSPS) is 18.4. The molecule has 0 fully saturated rings. The third-order valence-corrected chi connectivity index (χ3v) is 6.35. The zero-order chi connectivity index (χ0) is 19.4. The summed E-state index contributed by atoms with van der Waals surface area (Å²) in [6.45, 7) is 0.762. The third kappa shape index (κ3) is 2.46. The number of aromatic amines is 1. The molecule has 1 unspecified atom stereocenters. The van der Waals surface area contributed by atoms with Gasteiger partial charge in [-0.15, -0.1) is 11.3 Å². The highest BCUT2D eigenvalue weighted by atomic mass is 32.1. The molecule has 0 aliphatic carbocycles. The summed E-state index contributed by atoms with van der Waals surface area (Å²) in [5.74, 6) is 0.700. The Balaban J connectivity index is 1.40. The maximum Gasteiger partial charge on any atom is 0.156 e. The first kappa shape index (κ1) is 16.6. The van der Waals surface area contributed by atoms with Crippen LogP contribution in [-0.2, 0) is 12.1 Å². The molecule has 5 heterocycles. The fraction of sp³-hybridized carbons (Fsp3) is 0.143. The first-order valence-corrected chi connectivity index (χ1v) is 10.2. The maximum atomic E-state index is 11.3. The third-order valence-electron chi connectivity index (χ3n) is 5.48. The van der Waals surface area contributed by atoms with Gasteiger partial charge in [-0.05, 0) is 11.6 Å². The SMILES string of the molecule is OC1(c2cccc(-c3csc(-c4c[nH]c5nccnc45)n3)c2)CCn2ccnc21. The molecule has 0 saturated carbocycles. The lowest BCUT2D eigenvalue weighted by molar-refractivity contribution is 0.0786. The molecule has 4 aromatic heterocycles. The number of nitrogens with one attached hydrogen (secondary N) is 1. The second-order valence-corrected chi connectivity index (χ2v) is 7.99. The Morgan fingerprint density at radius 1 is 1.14 bits per heavy atom. The lowest BCUT2D eigenvalue weighted by atomic mass is 9.90. The van der Waals surface area contributed by atoms with Crippen LogP contribution >= 0.6 is 11.3 Å². The van der Waals surface area contributed by atoms with Crippen LogP contribution < -0.4 is 0 Å². The first-order chi connectivity index (χ1) is 14.2. The molecule has 0 radical (unpaired) electrons. The Kier molecular flexibility index (Phi) is 3.47. The Labute approximate surface area is 169 Å². The molecule has 0 spiro atoms. The molecule has 1 aromatic carbocycles. The van der Waals surface area contributed by atoms with Gasteiger partial charge < -0.3 is 14.7 Å². The molecular formula is C21H16N6OS. The van der Waals surface area contributed by atoms with E-state index in [0.29, 0.717) is 12.2 Å². The quantitative estimate of drug-likeness (QED) is 0.483. The van der Waals surface area contributed by atoms with E-state index >= 15 is 0 Å². The molecule has 5 aromatic rings. The van der Waals surface area contributed by atoms with Gasteiger partial charge in [0.1, 0.15) is 21.9 Å². The maximum absolute atomic E-state index is 11.3. The summed E-state index contributed by atoms with van der Waals surface area (Å²) in [6.07, 6.45) is 9.51. The predicted octanol–water partition coefficient (Wildman–Crippen LogP) is 3.58.